The highest BCUT2D eigenvalue weighted by Crippen LogP contribution is 2.31. The zero-order chi connectivity index (χ0) is 14.2. The number of ether oxygens (including phenoxy) is 1. The van der Waals surface area contributed by atoms with Gasteiger partial charge in [-0.05, 0) is 25.0 Å². The molecule has 1 saturated carbocycles. The van der Waals surface area contributed by atoms with Gasteiger partial charge in [-0.2, -0.15) is 5.10 Å². The molecule has 1 aromatic heterocycles. The smallest absolute Gasteiger partial charge is 0.127 e. The number of hydrogen-bond donors (Lipinski definition) is 1. The topological polar surface area (TPSA) is 37.9 Å². The highest BCUT2D eigenvalue weighted by molar-refractivity contribution is 7.71. The Morgan fingerprint density at radius 1 is 1.05 bits per heavy atom. The maximum absolute atomic E-state index is 5.86. The molecule has 0 saturated heterocycles. The number of benzene rings is 2. The molecule has 3 aromatic rings. The number of fused-ring (bicyclic) bond motifs is 1. The molecule has 1 fully saturated rings. The van der Waals surface area contributed by atoms with Gasteiger partial charge in [-0.1, -0.05) is 48.6 Å². The van der Waals surface area contributed by atoms with Gasteiger partial charge in [0.25, 0.3) is 0 Å². The first-order valence-corrected chi connectivity index (χ1v) is 7.46. The Hall–Kier alpha value is -2.20. The molecule has 4 rings (SSSR count). The van der Waals surface area contributed by atoms with Crippen molar-refractivity contribution >= 4 is 23.0 Å². The zero-order valence-corrected chi connectivity index (χ0v) is 12.2. The molecule has 0 atom stereocenters. The highest BCUT2D eigenvalue weighted by Gasteiger charge is 2.23. The van der Waals surface area contributed by atoms with E-state index in [0.717, 1.165) is 40.6 Å². The predicted molar refractivity (Wildman–Crippen MR) is 86.0 cm³/mol. The highest BCUT2D eigenvalue weighted by atomic mass is 32.1. The van der Waals surface area contributed by atoms with E-state index in [4.69, 9.17) is 17.0 Å². The van der Waals surface area contributed by atoms with Gasteiger partial charge in [0.1, 0.15) is 10.4 Å². The van der Waals surface area contributed by atoms with Crippen LogP contribution in [0.2, 0.25) is 0 Å². The Morgan fingerprint density at radius 3 is 2.67 bits per heavy atom. The fraction of sp³-hybridized carbons (Fsp3) is 0.176. The Kier molecular flexibility index (Phi) is 2.97. The van der Waals surface area contributed by atoms with Crippen LogP contribution in [0.3, 0.4) is 0 Å². The number of H-pyrrole nitrogens is 1. The summed E-state index contributed by atoms with van der Waals surface area (Å²) < 4.78 is 6.53. The summed E-state index contributed by atoms with van der Waals surface area (Å²) in [4.78, 5) is 0. The second-order valence-electron chi connectivity index (χ2n) is 5.29. The summed E-state index contributed by atoms with van der Waals surface area (Å²) in [5, 5.41) is 9.45. The van der Waals surface area contributed by atoms with E-state index in [0.29, 0.717) is 10.7 Å². The number of aromatic amines is 1. The van der Waals surface area contributed by atoms with Gasteiger partial charge in [-0.15, -0.1) is 0 Å². The molecule has 0 spiro atoms. The van der Waals surface area contributed by atoms with E-state index >= 15 is 0 Å². The lowest BCUT2D eigenvalue weighted by atomic mass is 10.1. The minimum Gasteiger partial charge on any atom is -0.490 e. The van der Waals surface area contributed by atoms with Gasteiger partial charge in [0.05, 0.1) is 11.8 Å². The molecule has 4 heteroatoms. The number of aromatic nitrogens is 2. The third-order valence-corrected chi connectivity index (χ3v) is 3.94. The molecule has 0 aliphatic heterocycles. The number of nitrogens with zero attached hydrogens (tertiary/aromatic N) is 1. The number of nitrogens with one attached hydrogen (secondary N) is 1. The van der Waals surface area contributed by atoms with E-state index in [2.05, 4.69) is 16.3 Å². The summed E-state index contributed by atoms with van der Waals surface area (Å²) in [6, 6.07) is 16.2. The molecule has 3 nitrogen and oxygen atoms in total. The van der Waals surface area contributed by atoms with Crippen LogP contribution in [0.5, 0.6) is 5.75 Å². The van der Waals surface area contributed by atoms with Gasteiger partial charge in [0.2, 0.25) is 0 Å². The summed E-state index contributed by atoms with van der Waals surface area (Å²) in [6.07, 6.45) is 2.71. The van der Waals surface area contributed by atoms with Crippen LogP contribution in [0.4, 0.5) is 0 Å². The molecule has 0 bridgehead atoms. The van der Waals surface area contributed by atoms with Crippen molar-refractivity contribution < 1.29 is 4.74 Å². The quantitative estimate of drug-likeness (QED) is 0.723. The monoisotopic (exact) mass is 294 g/mol. The van der Waals surface area contributed by atoms with Crippen molar-refractivity contribution in [1.29, 1.82) is 0 Å². The minimum absolute atomic E-state index is 0.395. The van der Waals surface area contributed by atoms with E-state index in [1.54, 1.807) is 0 Å². The summed E-state index contributed by atoms with van der Waals surface area (Å²) in [6.45, 7) is 0. The van der Waals surface area contributed by atoms with Crippen molar-refractivity contribution in [2.24, 2.45) is 0 Å². The largest absolute Gasteiger partial charge is 0.490 e. The van der Waals surface area contributed by atoms with E-state index in [1.807, 2.05) is 42.5 Å². The van der Waals surface area contributed by atoms with Gasteiger partial charge in [-0.25, -0.2) is 0 Å². The van der Waals surface area contributed by atoms with Crippen molar-refractivity contribution in [2.75, 3.05) is 0 Å². The van der Waals surface area contributed by atoms with E-state index in [-0.39, 0.29) is 0 Å². The predicted octanol–water partition coefficient (Wildman–Crippen LogP) is 4.50. The Balaban J connectivity index is 1.86. The summed E-state index contributed by atoms with van der Waals surface area (Å²) in [5.41, 5.74) is 1.94. The molecular formula is C17H14N2OS. The van der Waals surface area contributed by atoms with Gasteiger partial charge in [0, 0.05) is 16.3 Å². The van der Waals surface area contributed by atoms with Crippen LogP contribution < -0.4 is 4.74 Å². The number of hydrogen-bond acceptors (Lipinski definition) is 3. The molecule has 0 unspecified atom stereocenters. The molecule has 1 heterocycles. The molecule has 1 N–H and O–H groups in total. The van der Waals surface area contributed by atoms with Crippen LogP contribution in [0, 0.1) is 4.64 Å². The molecule has 0 radical (unpaired) electrons. The van der Waals surface area contributed by atoms with Crippen molar-refractivity contribution in [3.63, 3.8) is 0 Å². The first-order chi connectivity index (χ1) is 10.3. The van der Waals surface area contributed by atoms with Crippen molar-refractivity contribution in [2.45, 2.75) is 18.9 Å². The lowest BCUT2D eigenvalue weighted by Gasteiger charge is -2.08. The third-order valence-electron chi connectivity index (χ3n) is 3.63. The summed E-state index contributed by atoms with van der Waals surface area (Å²) in [7, 11) is 0. The molecule has 1 aliphatic carbocycles. The first-order valence-electron chi connectivity index (χ1n) is 7.06. The van der Waals surface area contributed by atoms with Crippen molar-refractivity contribution in [3.05, 3.63) is 53.2 Å². The molecular weight excluding hydrogens is 280 g/mol. The number of rotatable bonds is 3. The fourth-order valence-electron chi connectivity index (χ4n) is 2.43. The summed E-state index contributed by atoms with van der Waals surface area (Å²) >= 11 is 5.31. The fourth-order valence-corrected chi connectivity index (χ4v) is 2.65. The van der Waals surface area contributed by atoms with Crippen LogP contribution in [0.1, 0.15) is 12.8 Å². The van der Waals surface area contributed by atoms with Gasteiger partial charge in [-0.3, -0.25) is 5.10 Å². The Labute approximate surface area is 127 Å². The molecule has 104 valence electrons. The van der Waals surface area contributed by atoms with Crippen LogP contribution in [-0.4, -0.2) is 16.3 Å². The summed E-state index contributed by atoms with van der Waals surface area (Å²) in [5.74, 6) is 0.906. The van der Waals surface area contributed by atoms with Crippen LogP contribution in [0.15, 0.2) is 48.5 Å². The van der Waals surface area contributed by atoms with Gasteiger partial charge in [0.15, 0.2) is 0 Å². The second kappa shape index (κ2) is 4.97. The SMILES string of the molecule is S=c1[nH]nc(-c2cccc(OC3CC3)c2)c2ccccc12. The zero-order valence-electron chi connectivity index (χ0n) is 11.4. The first kappa shape index (κ1) is 12.5. The van der Waals surface area contributed by atoms with E-state index < -0.39 is 0 Å². The molecule has 1 aliphatic rings. The Bertz CT molecular complexity index is 868. The second-order valence-corrected chi connectivity index (χ2v) is 5.70. The lowest BCUT2D eigenvalue weighted by molar-refractivity contribution is 0.303. The molecule has 2 aromatic carbocycles. The van der Waals surface area contributed by atoms with E-state index in [1.165, 1.54) is 0 Å². The van der Waals surface area contributed by atoms with E-state index in [9.17, 15) is 0 Å². The minimum atomic E-state index is 0.395. The maximum atomic E-state index is 5.86. The molecule has 21 heavy (non-hydrogen) atoms. The average Bonchev–Trinajstić information content (AvgIpc) is 3.32. The lowest BCUT2D eigenvalue weighted by Crippen LogP contribution is -1.96. The standard InChI is InChI=1S/C17H14N2OS/c21-17-15-7-2-1-6-14(15)16(18-19-17)11-4-3-5-13(10-11)20-12-8-9-12/h1-7,10,12H,8-9H2,(H,19,21). The van der Waals surface area contributed by atoms with Gasteiger partial charge >= 0.3 is 0 Å². The van der Waals surface area contributed by atoms with Crippen molar-refractivity contribution in [1.82, 2.24) is 10.2 Å². The Morgan fingerprint density at radius 2 is 1.86 bits per heavy atom. The third kappa shape index (κ3) is 2.43. The van der Waals surface area contributed by atoms with Crippen molar-refractivity contribution in [3.8, 4) is 17.0 Å². The maximum Gasteiger partial charge on any atom is 0.127 e. The van der Waals surface area contributed by atoms with Crippen LogP contribution >= 0.6 is 12.2 Å². The normalized spacial score (nSPS) is 14.3. The average molecular weight is 294 g/mol. The van der Waals surface area contributed by atoms with Crippen LogP contribution in [-0.2, 0) is 0 Å². The molecule has 0 amide bonds. The van der Waals surface area contributed by atoms with Gasteiger partial charge < -0.3 is 4.74 Å². The van der Waals surface area contributed by atoms with Crippen LogP contribution in [0.25, 0.3) is 22.0 Å².